The van der Waals surface area contributed by atoms with Crippen LogP contribution in [0.4, 0.5) is 0 Å². The van der Waals surface area contributed by atoms with E-state index in [1.54, 1.807) is 0 Å². The Hall–Kier alpha value is -0.0800. The summed E-state index contributed by atoms with van der Waals surface area (Å²) >= 11 is 0. The molecule has 0 heterocycles. The normalized spacial score (nSPS) is 14.2. The van der Waals surface area contributed by atoms with E-state index in [-0.39, 0.29) is 0 Å². The molecule has 0 aliphatic carbocycles. The third kappa shape index (κ3) is 5.31. The number of nitrogens with two attached hydrogens (primary N) is 1. The largest absolute Gasteiger partial charge is 0.330 e. The topological polar surface area (TPSA) is 38.0 Å². The maximum absolute atomic E-state index is 5.61. The zero-order valence-electron chi connectivity index (χ0n) is 12.4. The summed E-state index contributed by atoms with van der Waals surface area (Å²) in [5.41, 5.74) is 6.56. The van der Waals surface area contributed by atoms with Gasteiger partial charge >= 0.3 is 0 Å². The molecule has 0 fully saturated rings. The molecule has 0 aromatic rings. The Balaban J connectivity index is 4.08. The molecule has 16 heavy (non-hydrogen) atoms. The monoisotopic (exact) mass is 228 g/mol. The van der Waals surface area contributed by atoms with Crippen molar-refractivity contribution in [2.75, 3.05) is 19.6 Å². The molecule has 0 atom stereocenters. The molecule has 98 valence electrons. The van der Waals surface area contributed by atoms with E-state index in [2.05, 4.69) is 53.8 Å². The molecule has 0 aromatic heterocycles. The molecule has 0 radical (unpaired) electrons. The van der Waals surface area contributed by atoms with E-state index in [0.717, 1.165) is 26.1 Å². The van der Waals surface area contributed by atoms with Crippen molar-refractivity contribution in [3.05, 3.63) is 0 Å². The van der Waals surface area contributed by atoms with Crippen molar-refractivity contribution < 1.29 is 0 Å². The van der Waals surface area contributed by atoms with E-state index >= 15 is 0 Å². The van der Waals surface area contributed by atoms with Gasteiger partial charge in [-0.1, -0.05) is 48.5 Å². The van der Waals surface area contributed by atoms with Crippen LogP contribution >= 0.6 is 0 Å². The lowest BCUT2D eigenvalue weighted by atomic mass is 9.69. The summed E-state index contributed by atoms with van der Waals surface area (Å²) in [6.07, 6.45) is 1.08. The highest BCUT2D eigenvalue weighted by Gasteiger charge is 2.32. The quantitative estimate of drug-likeness (QED) is 0.733. The Kier molecular flexibility index (Phi) is 5.48. The van der Waals surface area contributed by atoms with Gasteiger partial charge in [-0.2, -0.15) is 0 Å². The Morgan fingerprint density at radius 2 is 1.38 bits per heavy atom. The molecule has 0 aliphatic heterocycles. The van der Waals surface area contributed by atoms with Gasteiger partial charge in [0.25, 0.3) is 0 Å². The lowest BCUT2D eigenvalue weighted by Crippen LogP contribution is -2.42. The second-order valence-electron chi connectivity index (χ2n) is 7.44. The van der Waals surface area contributed by atoms with Crippen LogP contribution in [0.15, 0.2) is 0 Å². The Labute approximate surface area is 102 Å². The number of rotatable bonds is 6. The van der Waals surface area contributed by atoms with Crippen LogP contribution in [0.25, 0.3) is 0 Å². The van der Waals surface area contributed by atoms with Gasteiger partial charge in [-0.05, 0) is 29.2 Å². The van der Waals surface area contributed by atoms with Crippen LogP contribution in [0.2, 0.25) is 0 Å². The highest BCUT2D eigenvalue weighted by Crippen LogP contribution is 2.37. The Bertz CT molecular complexity index is 199. The average Bonchev–Trinajstić information content (AvgIpc) is 2.00. The molecule has 0 saturated carbocycles. The van der Waals surface area contributed by atoms with E-state index in [0.29, 0.717) is 16.2 Å². The minimum absolute atomic E-state index is 0.308. The van der Waals surface area contributed by atoms with Crippen LogP contribution in [0.5, 0.6) is 0 Å². The predicted octanol–water partition coefficient (Wildman–Crippen LogP) is 3.02. The van der Waals surface area contributed by atoms with Crippen molar-refractivity contribution in [3.8, 4) is 0 Å². The zero-order chi connectivity index (χ0) is 13.0. The number of hydrogen-bond acceptors (Lipinski definition) is 2. The van der Waals surface area contributed by atoms with Crippen molar-refractivity contribution in [3.63, 3.8) is 0 Å². The highest BCUT2D eigenvalue weighted by molar-refractivity contribution is 4.85. The minimum atomic E-state index is 0.308. The number of hydrogen-bond donors (Lipinski definition) is 2. The van der Waals surface area contributed by atoms with E-state index in [1.807, 2.05) is 0 Å². The molecule has 2 heteroatoms. The van der Waals surface area contributed by atoms with Crippen molar-refractivity contribution in [1.29, 1.82) is 0 Å². The third-order valence-electron chi connectivity index (χ3n) is 4.02. The second kappa shape index (κ2) is 5.50. The first-order valence-corrected chi connectivity index (χ1v) is 6.43. The summed E-state index contributed by atoms with van der Waals surface area (Å²) in [4.78, 5) is 0. The van der Waals surface area contributed by atoms with Crippen molar-refractivity contribution in [2.45, 2.75) is 54.9 Å². The standard InChI is InChI=1S/C14H32N2/c1-12(2,3)14(6,7)11-16-10-13(4,5)8-9-15/h16H,8-11,15H2,1-7H3. The summed E-state index contributed by atoms with van der Waals surface area (Å²) < 4.78 is 0. The third-order valence-corrected chi connectivity index (χ3v) is 4.02. The van der Waals surface area contributed by atoms with Crippen LogP contribution in [0, 0.1) is 16.2 Å². The van der Waals surface area contributed by atoms with Crippen LogP contribution in [-0.2, 0) is 0 Å². The average molecular weight is 228 g/mol. The Morgan fingerprint density at radius 3 is 1.75 bits per heavy atom. The summed E-state index contributed by atoms with van der Waals surface area (Å²) in [6, 6.07) is 0. The smallest absolute Gasteiger partial charge is 0.000775 e. The molecular weight excluding hydrogens is 196 g/mol. The van der Waals surface area contributed by atoms with Gasteiger partial charge in [0.1, 0.15) is 0 Å². The molecule has 0 aliphatic rings. The zero-order valence-corrected chi connectivity index (χ0v) is 12.4. The number of nitrogens with one attached hydrogen (secondary N) is 1. The summed E-state index contributed by atoms with van der Waals surface area (Å²) in [6.45, 7) is 19.0. The molecular formula is C14H32N2. The van der Waals surface area contributed by atoms with Gasteiger partial charge in [-0.25, -0.2) is 0 Å². The highest BCUT2D eigenvalue weighted by atomic mass is 14.9. The van der Waals surface area contributed by atoms with Crippen LogP contribution in [0.3, 0.4) is 0 Å². The summed E-state index contributed by atoms with van der Waals surface area (Å²) in [7, 11) is 0. The fraction of sp³-hybridized carbons (Fsp3) is 1.00. The van der Waals surface area contributed by atoms with Gasteiger partial charge in [-0.3, -0.25) is 0 Å². The lowest BCUT2D eigenvalue weighted by molar-refractivity contribution is 0.123. The lowest BCUT2D eigenvalue weighted by Gasteiger charge is -2.40. The minimum Gasteiger partial charge on any atom is -0.330 e. The van der Waals surface area contributed by atoms with E-state index in [1.165, 1.54) is 0 Å². The maximum Gasteiger partial charge on any atom is 0.000775 e. The molecule has 0 spiro atoms. The second-order valence-corrected chi connectivity index (χ2v) is 7.44. The molecule has 0 saturated heterocycles. The maximum atomic E-state index is 5.61. The van der Waals surface area contributed by atoms with Gasteiger partial charge in [0.2, 0.25) is 0 Å². The molecule has 0 aromatic carbocycles. The predicted molar refractivity (Wildman–Crippen MR) is 73.6 cm³/mol. The first-order valence-electron chi connectivity index (χ1n) is 6.43. The molecule has 3 N–H and O–H groups in total. The van der Waals surface area contributed by atoms with E-state index in [9.17, 15) is 0 Å². The van der Waals surface area contributed by atoms with E-state index < -0.39 is 0 Å². The van der Waals surface area contributed by atoms with Crippen molar-refractivity contribution in [2.24, 2.45) is 22.0 Å². The Morgan fingerprint density at radius 1 is 0.875 bits per heavy atom. The van der Waals surface area contributed by atoms with Gasteiger partial charge < -0.3 is 11.1 Å². The van der Waals surface area contributed by atoms with E-state index in [4.69, 9.17) is 5.73 Å². The SMILES string of the molecule is CC(C)(CCN)CNCC(C)(C)C(C)(C)C. The fourth-order valence-corrected chi connectivity index (χ4v) is 1.46. The van der Waals surface area contributed by atoms with Crippen LogP contribution < -0.4 is 11.1 Å². The van der Waals surface area contributed by atoms with Gasteiger partial charge in [0, 0.05) is 13.1 Å². The first-order chi connectivity index (χ1) is 7.02. The van der Waals surface area contributed by atoms with Crippen LogP contribution in [-0.4, -0.2) is 19.6 Å². The molecule has 2 nitrogen and oxygen atoms in total. The van der Waals surface area contributed by atoms with Gasteiger partial charge in [0.05, 0.1) is 0 Å². The molecule has 0 unspecified atom stereocenters. The van der Waals surface area contributed by atoms with Crippen molar-refractivity contribution in [1.82, 2.24) is 5.32 Å². The molecule has 0 rings (SSSR count). The van der Waals surface area contributed by atoms with Crippen molar-refractivity contribution >= 4 is 0 Å². The fourth-order valence-electron chi connectivity index (χ4n) is 1.46. The summed E-state index contributed by atoms with van der Waals surface area (Å²) in [5.74, 6) is 0. The van der Waals surface area contributed by atoms with Crippen LogP contribution in [0.1, 0.15) is 54.9 Å². The molecule has 0 bridgehead atoms. The van der Waals surface area contributed by atoms with Gasteiger partial charge in [0.15, 0.2) is 0 Å². The van der Waals surface area contributed by atoms with Gasteiger partial charge in [-0.15, -0.1) is 0 Å². The molecule has 0 amide bonds. The summed E-state index contributed by atoms with van der Waals surface area (Å²) in [5, 5.41) is 3.60. The first kappa shape index (κ1) is 15.9.